The number of carbonyl (C=O) groups is 2. The molecule has 0 aliphatic rings. The molecule has 3 aromatic rings. The van der Waals surface area contributed by atoms with Crippen LogP contribution in [-0.4, -0.2) is 18.4 Å². The number of ether oxygens (including phenoxy) is 1. The Bertz CT molecular complexity index is 1200. The minimum atomic E-state index is -0.512. The highest BCUT2D eigenvalue weighted by atomic mass is 79.9. The molecule has 2 amide bonds. The number of halogens is 2. The second kappa shape index (κ2) is 11.1. The van der Waals surface area contributed by atoms with Gasteiger partial charge in [-0.1, -0.05) is 57.9 Å². The number of benzene rings is 3. The van der Waals surface area contributed by atoms with E-state index < -0.39 is 5.91 Å². The average Bonchev–Trinajstić information content (AvgIpc) is 2.78. The zero-order chi connectivity index (χ0) is 22.9. The fourth-order valence-electron chi connectivity index (χ4n) is 2.64. The number of anilines is 2. The third kappa shape index (κ3) is 6.71. The van der Waals surface area contributed by atoms with Crippen molar-refractivity contribution in [2.45, 2.75) is 0 Å². The molecule has 6 nitrogen and oxygen atoms in total. The number of nitriles is 1. The predicted octanol–water partition coefficient (Wildman–Crippen LogP) is 5.67. The van der Waals surface area contributed by atoms with E-state index in [0.717, 1.165) is 4.47 Å². The van der Waals surface area contributed by atoms with Gasteiger partial charge >= 0.3 is 0 Å². The van der Waals surface area contributed by atoms with Crippen molar-refractivity contribution in [1.29, 1.82) is 5.26 Å². The maximum Gasteiger partial charge on any atom is 0.266 e. The van der Waals surface area contributed by atoms with Gasteiger partial charge < -0.3 is 15.4 Å². The number of amides is 2. The molecule has 0 aliphatic carbocycles. The van der Waals surface area contributed by atoms with Crippen molar-refractivity contribution in [3.8, 4) is 11.8 Å². The minimum Gasteiger partial charge on any atom is -0.484 e. The summed E-state index contributed by atoms with van der Waals surface area (Å²) in [6.07, 6.45) is 1.47. The van der Waals surface area contributed by atoms with E-state index in [1.54, 1.807) is 66.7 Å². The number of nitrogens with one attached hydrogen (secondary N) is 2. The Hall–Kier alpha value is -3.60. The molecule has 160 valence electrons. The summed E-state index contributed by atoms with van der Waals surface area (Å²) in [6, 6.07) is 22.6. The maximum atomic E-state index is 12.4. The van der Waals surface area contributed by atoms with E-state index in [4.69, 9.17) is 16.3 Å². The third-order valence-electron chi connectivity index (χ3n) is 4.16. The summed E-state index contributed by atoms with van der Waals surface area (Å²) in [5, 5.41) is 15.2. The molecule has 3 rings (SSSR count). The van der Waals surface area contributed by atoms with Crippen LogP contribution in [0.5, 0.6) is 5.75 Å². The number of hydrogen-bond acceptors (Lipinski definition) is 4. The Kier molecular flexibility index (Phi) is 8.03. The molecule has 0 aliphatic heterocycles. The van der Waals surface area contributed by atoms with Crippen molar-refractivity contribution in [2.24, 2.45) is 0 Å². The molecule has 0 bridgehead atoms. The highest BCUT2D eigenvalue weighted by Crippen LogP contribution is 2.21. The second-order valence-electron chi connectivity index (χ2n) is 6.52. The van der Waals surface area contributed by atoms with Gasteiger partial charge in [0.2, 0.25) is 0 Å². The van der Waals surface area contributed by atoms with Crippen LogP contribution in [0.4, 0.5) is 11.4 Å². The van der Waals surface area contributed by atoms with Crippen LogP contribution in [0.2, 0.25) is 5.02 Å². The summed E-state index contributed by atoms with van der Waals surface area (Å²) in [4.78, 5) is 24.4. The summed E-state index contributed by atoms with van der Waals surface area (Å²) in [5.41, 5.74) is 1.68. The van der Waals surface area contributed by atoms with Gasteiger partial charge in [0, 0.05) is 10.2 Å². The van der Waals surface area contributed by atoms with Crippen LogP contribution in [0.3, 0.4) is 0 Å². The number of nitrogens with zero attached hydrogens (tertiary/aromatic N) is 1. The molecule has 0 aromatic heterocycles. The lowest BCUT2D eigenvalue weighted by atomic mass is 10.1. The van der Waals surface area contributed by atoms with Gasteiger partial charge in [-0.05, 0) is 54.1 Å². The molecule has 0 atom stereocenters. The van der Waals surface area contributed by atoms with Gasteiger partial charge in [-0.2, -0.15) is 5.26 Å². The number of hydrogen-bond donors (Lipinski definition) is 2. The number of para-hydroxylation sites is 1. The summed E-state index contributed by atoms with van der Waals surface area (Å²) in [7, 11) is 0. The smallest absolute Gasteiger partial charge is 0.266 e. The summed E-state index contributed by atoms with van der Waals surface area (Å²) < 4.78 is 6.29. The molecule has 8 heteroatoms. The molecule has 0 saturated heterocycles. The third-order valence-corrected chi connectivity index (χ3v) is 4.98. The van der Waals surface area contributed by atoms with Crippen LogP contribution in [0, 0.1) is 11.3 Å². The SMILES string of the molecule is N#C/C(=C\c1ccc(OCC(=O)Nc2ccccc2Cl)cc1)C(=O)Nc1cccc(Br)c1. The van der Waals surface area contributed by atoms with E-state index in [1.807, 2.05) is 12.1 Å². The van der Waals surface area contributed by atoms with Crippen LogP contribution in [0.1, 0.15) is 5.56 Å². The predicted molar refractivity (Wildman–Crippen MR) is 128 cm³/mol. The zero-order valence-electron chi connectivity index (χ0n) is 16.6. The van der Waals surface area contributed by atoms with Crippen molar-refractivity contribution >= 4 is 56.8 Å². The van der Waals surface area contributed by atoms with Crippen molar-refractivity contribution < 1.29 is 14.3 Å². The van der Waals surface area contributed by atoms with E-state index >= 15 is 0 Å². The van der Waals surface area contributed by atoms with Gasteiger partial charge in [0.05, 0.1) is 10.7 Å². The van der Waals surface area contributed by atoms with Crippen molar-refractivity contribution in [3.05, 3.63) is 93.4 Å². The van der Waals surface area contributed by atoms with Crippen LogP contribution in [0.15, 0.2) is 82.8 Å². The summed E-state index contributed by atoms with van der Waals surface area (Å²) in [5.74, 6) is -0.395. The Morgan fingerprint density at radius 1 is 1.03 bits per heavy atom. The molecule has 0 spiro atoms. The second-order valence-corrected chi connectivity index (χ2v) is 7.84. The average molecular weight is 511 g/mol. The van der Waals surface area contributed by atoms with Crippen LogP contribution < -0.4 is 15.4 Å². The molecule has 0 heterocycles. The number of rotatable bonds is 7. The molecular formula is C24H17BrClN3O3. The summed E-state index contributed by atoms with van der Waals surface area (Å²) >= 11 is 9.35. The van der Waals surface area contributed by atoms with Gasteiger partial charge in [0.25, 0.3) is 11.8 Å². The van der Waals surface area contributed by atoms with Crippen molar-refractivity contribution in [2.75, 3.05) is 17.2 Å². The fraction of sp³-hybridized carbons (Fsp3) is 0.0417. The Morgan fingerprint density at radius 3 is 2.47 bits per heavy atom. The fourth-order valence-corrected chi connectivity index (χ4v) is 3.22. The Balaban J connectivity index is 1.58. The monoisotopic (exact) mass is 509 g/mol. The highest BCUT2D eigenvalue weighted by molar-refractivity contribution is 9.10. The van der Waals surface area contributed by atoms with Gasteiger partial charge in [0.15, 0.2) is 6.61 Å². The first-order chi connectivity index (χ1) is 15.4. The van der Waals surface area contributed by atoms with E-state index in [2.05, 4.69) is 26.6 Å². The van der Waals surface area contributed by atoms with Crippen molar-refractivity contribution in [3.63, 3.8) is 0 Å². The first-order valence-electron chi connectivity index (χ1n) is 9.40. The van der Waals surface area contributed by atoms with Gasteiger partial charge in [-0.3, -0.25) is 9.59 Å². The van der Waals surface area contributed by atoms with Gasteiger partial charge in [-0.25, -0.2) is 0 Å². The van der Waals surface area contributed by atoms with Gasteiger partial charge in [-0.15, -0.1) is 0 Å². The largest absolute Gasteiger partial charge is 0.484 e. The van der Waals surface area contributed by atoms with Gasteiger partial charge in [0.1, 0.15) is 17.4 Å². The molecule has 32 heavy (non-hydrogen) atoms. The number of carbonyl (C=O) groups excluding carboxylic acids is 2. The standard InChI is InChI=1S/C24H17BrClN3O3/c25-18-4-3-5-19(13-18)28-24(31)17(14-27)12-16-8-10-20(11-9-16)32-15-23(30)29-22-7-2-1-6-21(22)26/h1-13H,15H2,(H,28,31)(H,29,30)/b17-12+. The van der Waals surface area contributed by atoms with Crippen LogP contribution in [-0.2, 0) is 9.59 Å². The minimum absolute atomic E-state index is 0.0437. The molecule has 0 radical (unpaired) electrons. The lowest BCUT2D eigenvalue weighted by Gasteiger charge is -2.09. The van der Waals surface area contributed by atoms with Crippen LogP contribution in [0.25, 0.3) is 6.08 Å². The molecule has 0 fully saturated rings. The first-order valence-corrected chi connectivity index (χ1v) is 10.6. The lowest BCUT2D eigenvalue weighted by Crippen LogP contribution is -2.20. The maximum absolute atomic E-state index is 12.4. The lowest BCUT2D eigenvalue weighted by molar-refractivity contribution is -0.118. The zero-order valence-corrected chi connectivity index (χ0v) is 19.0. The highest BCUT2D eigenvalue weighted by Gasteiger charge is 2.10. The Labute approximate surface area is 198 Å². The molecule has 0 unspecified atom stereocenters. The molecule has 3 aromatic carbocycles. The van der Waals surface area contributed by atoms with Crippen LogP contribution >= 0.6 is 27.5 Å². The summed E-state index contributed by atoms with van der Waals surface area (Å²) in [6.45, 7) is -0.196. The Morgan fingerprint density at radius 2 is 1.78 bits per heavy atom. The quantitative estimate of drug-likeness (QED) is 0.317. The normalized spacial score (nSPS) is 10.7. The van der Waals surface area contributed by atoms with E-state index in [-0.39, 0.29) is 18.1 Å². The van der Waals surface area contributed by atoms with E-state index in [1.165, 1.54) is 6.08 Å². The van der Waals surface area contributed by atoms with Crippen molar-refractivity contribution in [1.82, 2.24) is 0 Å². The van der Waals surface area contributed by atoms with E-state index in [9.17, 15) is 14.9 Å². The topological polar surface area (TPSA) is 91.2 Å². The first kappa shape index (κ1) is 23.1. The molecule has 0 saturated carbocycles. The molecular weight excluding hydrogens is 494 g/mol. The van der Waals surface area contributed by atoms with E-state index in [0.29, 0.717) is 27.7 Å². The molecule has 2 N–H and O–H groups in total.